The number of amides is 1. The van der Waals surface area contributed by atoms with Crippen LogP contribution in [0, 0.1) is 0 Å². The fourth-order valence-corrected chi connectivity index (χ4v) is 3.82. The standard InChI is InChI=1S/C23H28N6O2/c1-28-15-18(14-25-28)21-10-12-24-23(27-21)29-13-11-19(16-29)26-22(30)5-3-4-17-6-8-20(31-2)9-7-17/h6-10,12,14-15,19H,3-5,11,13,16H2,1-2H3,(H,26,30). The molecule has 1 fully saturated rings. The quantitative estimate of drug-likeness (QED) is 0.603. The van der Waals surface area contributed by atoms with Crippen molar-refractivity contribution in [1.29, 1.82) is 0 Å². The largest absolute Gasteiger partial charge is 0.497 e. The summed E-state index contributed by atoms with van der Waals surface area (Å²) in [6.45, 7) is 1.55. The number of rotatable bonds is 8. The molecule has 0 aliphatic carbocycles. The zero-order valence-electron chi connectivity index (χ0n) is 18.0. The molecular weight excluding hydrogens is 392 g/mol. The van der Waals surface area contributed by atoms with E-state index in [4.69, 9.17) is 4.74 Å². The highest BCUT2D eigenvalue weighted by atomic mass is 16.5. The van der Waals surface area contributed by atoms with Gasteiger partial charge in [-0.1, -0.05) is 12.1 Å². The average Bonchev–Trinajstić information content (AvgIpc) is 3.43. The van der Waals surface area contributed by atoms with E-state index in [-0.39, 0.29) is 11.9 Å². The van der Waals surface area contributed by atoms with Crippen molar-refractivity contribution in [2.24, 2.45) is 7.05 Å². The van der Waals surface area contributed by atoms with Gasteiger partial charge in [-0.05, 0) is 43.0 Å². The van der Waals surface area contributed by atoms with Crippen LogP contribution in [0.3, 0.4) is 0 Å². The normalized spacial score (nSPS) is 15.8. The molecule has 1 aliphatic heterocycles. The predicted octanol–water partition coefficient (Wildman–Crippen LogP) is 2.60. The third-order valence-corrected chi connectivity index (χ3v) is 5.51. The summed E-state index contributed by atoms with van der Waals surface area (Å²) in [5.74, 6) is 1.64. The number of carbonyl (C=O) groups excluding carboxylic acids is 1. The third kappa shape index (κ3) is 5.39. The maximum absolute atomic E-state index is 12.4. The van der Waals surface area contributed by atoms with Crippen LogP contribution in [0.2, 0.25) is 0 Å². The molecule has 1 unspecified atom stereocenters. The Balaban J connectivity index is 1.24. The second kappa shape index (κ2) is 9.59. The fraction of sp³-hybridized carbons (Fsp3) is 0.391. The van der Waals surface area contributed by atoms with Crippen LogP contribution in [-0.4, -0.2) is 51.9 Å². The summed E-state index contributed by atoms with van der Waals surface area (Å²) in [6.07, 6.45) is 8.63. The predicted molar refractivity (Wildman–Crippen MR) is 119 cm³/mol. The maximum atomic E-state index is 12.4. The number of nitrogens with zero attached hydrogens (tertiary/aromatic N) is 5. The number of ether oxygens (including phenoxy) is 1. The minimum Gasteiger partial charge on any atom is -0.497 e. The first kappa shape index (κ1) is 20.8. The van der Waals surface area contributed by atoms with Gasteiger partial charge in [0.2, 0.25) is 11.9 Å². The Bertz CT molecular complexity index is 1020. The molecule has 0 radical (unpaired) electrons. The van der Waals surface area contributed by atoms with E-state index in [2.05, 4.69) is 25.3 Å². The van der Waals surface area contributed by atoms with Crippen LogP contribution in [0.4, 0.5) is 5.95 Å². The number of hydrogen-bond acceptors (Lipinski definition) is 6. The monoisotopic (exact) mass is 420 g/mol. The number of aromatic nitrogens is 4. The highest BCUT2D eigenvalue weighted by Crippen LogP contribution is 2.21. The van der Waals surface area contributed by atoms with Gasteiger partial charge in [0.25, 0.3) is 0 Å². The first-order valence-corrected chi connectivity index (χ1v) is 10.6. The van der Waals surface area contributed by atoms with Crippen LogP contribution in [0.5, 0.6) is 5.75 Å². The Morgan fingerprint density at radius 2 is 2.10 bits per heavy atom. The molecule has 8 heteroatoms. The number of anilines is 1. The van der Waals surface area contributed by atoms with E-state index in [0.717, 1.165) is 49.4 Å². The molecule has 162 valence electrons. The highest BCUT2D eigenvalue weighted by molar-refractivity contribution is 5.76. The summed E-state index contributed by atoms with van der Waals surface area (Å²) in [5.41, 5.74) is 3.03. The van der Waals surface area contributed by atoms with Gasteiger partial charge in [-0.15, -0.1) is 0 Å². The maximum Gasteiger partial charge on any atom is 0.225 e. The number of nitrogens with one attached hydrogen (secondary N) is 1. The summed E-state index contributed by atoms with van der Waals surface area (Å²) < 4.78 is 6.93. The molecule has 3 aromatic rings. The second-order valence-corrected chi connectivity index (χ2v) is 7.85. The van der Waals surface area contributed by atoms with Crippen LogP contribution in [0.15, 0.2) is 48.9 Å². The van der Waals surface area contributed by atoms with E-state index >= 15 is 0 Å². The van der Waals surface area contributed by atoms with Gasteiger partial charge in [-0.3, -0.25) is 9.48 Å². The smallest absolute Gasteiger partial charge is 0.225 e. The Hall–Kier alpha value is -3.42. The highest BCUT2D eigenvalue weighted by Gasteiger charge is 2.25. The van der Waals surface area contributed by atoms with Gasteiger partial charge in [0.1, 0.15) is 5.75 Å². The molecule has 1 saturated heterocycles. The van der Waals surface area contributed by atoms with Gasteiger partial charge in [-0.2, -0.15) is 5.10 Å². The number of benzene rings is 1. The van der Waals surface area contributed by atoms with E-state index < -0.39 is 0 Å². The second-order valence-electron chi connectivity index (χ2n) is 7.85. The molecule has 2 aromatic heterocycles. The molecule has 1 N–H and O–H groups in total. The topological polar surface area (TPSA) is 85.2 Å². The van der Waals surface area contributed by atoms with Gasteiger partial charge in [0, 0.05) is 50.6 Å². The van der Waals surface area contributed by atoms with Crippen molar-refractivity contribution in [2.45, 2.75) is 31.7 Å². The minimum atomic E-state index is 0.102. The average molecular weight is 421 g/mol. The van der Waals surface area contributed by atoms with E-state index in [1.165, 1.54) is 5.56 Å². The molecule has 1 amide bonds. The van der Waals surface area contributed by atoms with Crippen LogP contribution >= 0.6 is 0 Å². The molecule has 31 heavy (non-hydrogen) atoms. The lowest BCUT2D eigenvalue weighted by atomic mass is 10.1. The van der Waals surface area contributed by atoms with E-state index in [0.29, 0.717) is 12.4 Å². The zero-order chi connectivity index (χ0) is 21.6. The molecule has 0 spiro atoms. The summed E-state index contributed by atoms with van der Waals surface area (Å²) >= 11 is 0. The molecule has 8 nitrogen and oxygen atoms in total. The van der Waals surface area contributed by atoms with Crippen molar-refractivity contribution in [2.75, 3.05) is 25.1 Å². The van der Waals surface area contributed by atoms with Crippen LogP contribution in [0.1, 0.15) is 24.8 Å². The SMILES string of the molecule is COc1ccc(CCCC(=O)NC2CCN(c3nccc(-c4cnn(C)c4)n3)C2)cc1. The van der Waals surface area contributed by atoms with E-state index in [1.54, 1.807) is 24.2 Å². The van der Waals surface area contributed by atoms with E-state index in [1.807, 2.05) is 43.6 Å². The lowest BCUT2D eigenvalue weighted by Gasteiger charge is -2.17. The Labute approximate surface area is 182 Å². The lowest BCUT2D eigenvalue weighted by Crippen LogP contribution is -2.37. The van der Waals surface area contributed by atoms with Crippen molar-refractivity contribution in [1.82, 2.24) is 25.1 Å². The van der Waals surface area contributed by atoms with Crippen LogP contribution < -0.4 is 15.0 Å². The van der Waals surface area contributed by atoms with Gasteiger partial charge in [-0.25, -0.2) is 9.97 Å². The van der Waals surface area contributed by atoms with Gasteiger partial charge >= 0.3 is 0 Å². The van der Waals surface area contributed by atoms with Gasteiger partial charge in [0.15, 0.2) is 0 Å². The summed E-state index contributed by atoms with van der Waals surface area (Å²) in [4.78, 5) is 23.6. The molecular formula is C23H28N6O2. The Kier molecular flexibility index (Phi) is 6.45. The number of methoxy groups -OCH3 is 1. The lowest BCUT2D eigenvalue weighted by molar-refractivity contribution is -0.121. The van der Waals surface area contributed by atoms with Crippen molar-refractivity contribution in [3.63, 3.8) is 0 Å². The fourth-order valence-electron chi connectivity index (χ4n) is 3.82. The molecule has 1 atom stereocenters. The summed E-state index contributed by atoms with van der Waals surface area (Å²) in [6, 6.07) is 10.0. The van der Waals surface area contributed by atoms with E-state index in [9.17, 15) is 4.79 Å². The molecule has 0 bridgehead atoms. The molecule has 3 heterocycles. The van der Waals surface area contributed by atoms with Gasteiger partial charge in [0.05, 0.1) is 19.0 Å². The van der Waals surface area contributed by atoms with Crippen LogP contribution in [0.25, 0.3) is 11.3 Å². The Morgan fingerprint density at radius 1 is 1.26 bits per heavy atom. The molecule has 1 aliphatic rings. The van der Waals surface area contributed by atoms with Crippen molar-refractivity contribution >= 4 is 11.9 Å². The third-order valence-electron chi connectivity index (χ3n) is 5.51. The number of carbonyl (C=O) groups is 1. The van der Waals surface area contributed by atoms with Gasteiger partial charge < -0.3 is 15.0 Å². The Morgan fingerprint density at radius 3 is 2.84 bits per heavy atom. The molecule has 4 rings (SSSR count). The zero-order valence-corrected chi connectivity index (χ0v) is 18.0. The first-order valence-electron chi connectivity index (χ1n) is 10.6. The number of hydrogen-bond donors (Lipinski definition) is 1. The summed E-state index contributed by atoms with van der Waals surface area (Å²) in [7, 11) is 3.55. The van der Waals surface area contributed by atoms with Crippen molar-refractivity contribution in [3.05, 3.63) is 54.5 Å². The minimum absolute atomic E-state index is 0.102. The van der Waals surface area contributed by atoms with Crippen LogP contribution in [-0.2, 0) is 18.3 Å². The number of aryl methyl sites for hydroxylation is 2. The molecule has 0 saturated carbocycles. The summed E-state index contributed by atoms with van der Waals surface area (Å²) in [5, 5.41) is 7.37. The first-order chi connectivity index (χ1) is 15.1. The van der Waals surface area contributed by atoms with Crippen molar-refractivity contribution < 1.29 is 9.53 Å². The van der Waals surface area contributed by atoms with Crippen molar-refractivity contribution in [3.8, 4) is 17.0 Å². The molecule has 1 aromatic carbocycles.